The minimum atomic E-state index is -0.448. The Morgan fingerprint density at radius 2 is 2.00 bits per heavy atom. The van der Waals surface area contributed by atoms with Crippen LogP contribution in [0.5, 0.6) is 5.75 Å². The topological polar surface area (TPSA) is 78.5 Å². The maximum Gasteiger partial charge on any atom is 0.262 e. The molecule has 1 N–H and O–H groups in total. The molecule has 1 heterocycles. The fourth-order valence-electron chi connectivity index (χ4n) is 1.97. The minimum Gasteiger partial charge on any atom is -0.497 e. The van der Waals surface area contributed by atoms with Crippen LogP contribution in [-0.4, -0.2) is 27.1 Å². The van der Waals surface area contributed by atoms with Crippen LogP contribution in [-0.2, 0) is 11.3 Å². The lowest BCUT2D eigenvalue weighted by Gasteiger charge is -2.06. The van der Waals surface area contributed by atoms with Crippen LogP contribution in [0.15, 0.2) is 46.4 Å². The first kappa shape index (κ1) is 17.2. The molecule has 0 radical (unpaired) electrons. The predicted molar refractivity (Wildman–Crippen MR) is 91.5 cm³/mol. The Morgan fingerprint density at radius 1 is 1.29 bits per heavy atom. The van der Waals surface area contributed by atoms with Crippen molar-refractivity contribution in [2.24, 2.45) is 0 Å². The van der Waals surface area contributed by atoms with Crippen molar-refractivity contribution in [3.8, 4) is 11.8 Å². The standard InChI is InChI=1S/C18H19N3O3/c1-21(2)17-9-8-16(24-17)10-14(11-19)18(22)20-12-13-4-6-15(23-3)7-5-13/h4-10H,12H2,1-3H3,(H,20,22)/b14-10+. The molecule has 0 bridgehead atoms. The third-order valence-corrected chi connectivity index (χ3v) is 3.32. The van der Waals surface area contributed by atoms with Crippen molar-refractivity contribution in [2.75, 3.05) is 26.1 Å². The van der Waals surface area contributed by atoms with Crippen LogP contribution in [0.2, 0.25) is 0 Å². The number of ether oxygens (including phenoxy) is 1. The maximum absolute atomic E-state index is 12.1. The first-order chi connectivity index (χ1) is 11.5. The number of hydrogen-bond donors (Lipinski definition) is 1. The lowest BCUT2D eigenvalue weighted by atomic mass is 10.2. The molecular weight excluding hydrogens is 306 g/mol. The summed E-state index contributed by atoms with van der Waals surface area (Å²) in [4.78, 5) is 13.9. The van der Waals surface area contributed by atoms with Gasteiger partial charge in [0.1, 0.15) is 23.2 Å². The molecule has 0 fully saturated rings. The third-order valence-electron chi connectivity index (χ3n) is 3.32. The summed E-state index contributed by atoms with van der Waals surface area (Å²) in [7, 11) is 5.29. The number of nitrogens with zero attached hydrogens (tertiary/aromatic N) is 2. The lowest BCUT2D eigenvalue weighted by molar-refractivity contribution is -0.117. The fraction of sp³-hybridized carbons (Fsp3) is 0.222. The summed E-state index contributed by atoms with van der Waals surface area (Å²) in [6.45, 7) is 0.322. The van der Waals surface area contributed by atoms with Crippen LogP contribution >= 0.6 is 0 Å². The van der Waals surface area contributed by atoms with E-state index in [9.17, 15) is 10.1 Å². The van der Waals surface area contributed by atoms with Crippen LogP contribution in [0.3, 0.4) is 0 Å². The summed E-state index contributed by atoms with van der Waals surface area (Å²) in [6.07, 6.45) is 1.43. The number of amides is 1. The molecule has 0 saturated heterocycles. The summed E-state index contributed by atoms with van der Waals surface area (Å²) in [5, 5.41) is 11.9. The Morgan fingerprint density at radius 3 is 2.54 bits per heavy atom. The Hall–Kier alpha value is -3.20. The SMILES string of the molecule is COc1ccc(CNC(=O)/C(C#N)=C/c2ccc(N(C)C)o2)cc1. The van der Waals surface area contributed by atoms with E-state index in [1.54, 1.807) is 24.1 Å². The van der Waals surface area contributed by atoms with Gasteiger partial charge in [-0.05, 0) is 23.8 Å². The normalized spacial score (nSPS) is 10.8. The van der Waals surface area contributed by atoms with Crippen molar-refractivity contribution < 1.29 is 13.9 Å². The van der Waals surface area contributed by atoms with Gasteiger partial charge in [-0.25, -0.2) is 0 Å². The van der Waals surface area contributed by atoms with Crippen LogP contribution < -0.4 is 15.0 Å². The molecule has 1 aromatic heterocycles. The number of benzene rings is 1. The second-order valence-corrected chi connectivity index (χ2v) is 5.27. The lowest BCUT2D eigenvalue weighted by Crippen LogP contribution is -2.23. The molecule has 24 heavy (non-hydrogen) atoms. The molecule has 0 saturated carbocycles. The molecule has 0 aliphatic rings. The number of rotatable bonds is 6. The number of nitriles is 1. The van der Waals surface area contributed by atoms with Gasteiger partial charge in [0, 0.05) is 32.8 Å². The number of nitrogens with one attached hydrogen (secondary N) is 1. The number of carbonyl (C=O) groups is 1. The Bertz CT molecular complexity index is 768. The van der Waals surface area contributed by atoms with Gasteiger partial charge in [0.05, 0.1) is 7.11 Å². The Labute approximate surface area is 140 Å². The van der Waals surface area contributed by atoms with Gasteiger partial charge in [-0.2, -0.15) is 5.26 Å². The number of anilines is 1. The summed E-state index contributed by atoms with van der Waals surface area (Å²) in [6, 6.07) is 12.7. The highest BCUT2D eigenvalue weighted by Crippen LogP contribution is 2.18. The summed E-state index contributed by atoms with van der Waals surface area (Å²) >= 11 is 0. The van der Waals surface area contributed by atoms with Crippen molar-refractivity contribution in [1.29, 1.82) is 5.26 Å². The van der Waals surface area contributed by atoms with Crippen LogP contribution in [0.4, 0.5) is 5.88 Å². The summed E-state index contributed by atoms with van der Waals surface area (Å²) < 4.78 is 10.6. The zero-order chi connectivity index (χ0) is 17.5. The van der Waals surface area contributed by atoms with Gasteiger partial charge in [0.15, 0.2) is 5.88 Å². The molecule has 1 amide bonds. The minimum absolute atomic E-state index is 0.0110. The molecule has 6 heteroatoms. The van der Waals surface area contributed by atoms with E-state index in [0.717, 1.165) is 11.3 Å². The van der Waals surface area contributed by atoms with Crippen LogP contribution in [0.25, 0.3) is 6.08 Å². The van der Waals surface area contributed by atoms with E-state index in [2.05, 4.69) is 5.32 Å². The highest BCUT2D eigenvalue weighted by molar-refractivity contribution is 6.01. The van der Waals surface area contributed by atoms with Gasteiger partial charge < -0.3 is 19.4 Å². The van der Waals surface area contributed by atoms with Gasteiger partial charge in [-0.3, -0.25) is 4.79 Å². The predicted octanol–water partition coefficient (Wildman–Crippen LogP) is 2.58. The van der Waals surface area contributed by atoms with E-state index in [-0.39, 0.29) is 5.57 Å². The second kappa shape index (κ2) is 7.88. The molecule has 0 aliphatic heterocycles. The summed E-state index contributed by atoms with van der Waals surface area (Å²) in [5.74, 6) is 1.40. The monoisotopic (exact) mass is 325 g/mol. The molecule has 1 aromatic carbocycles. The molecular formula is C18H19N3O3. The first-order valence-corrected chi connectivity index (χ1v) is 7.33. The van der Waals surface area contributed by atoms with Gasteiger partial charge >= 0.3 is 0 Å². The smallest absolute Gasteiger partial charge is 0.262 e. The molecule has 0 atom stereocenters. The van der Waals surface area contributed by atoms with Crippen molar-refractivity contribution in [2.45, 2.75) is 6.54 Å². The molecule has 124 valence electrons. The molecule has 2 aromatic rings. The zero-order valence-corrected chi connectivity index (χ0v) is 13.9. The zero-order valence-electron chi connectivity index (χ0n) is 13.9. The largest absolute Gasteiger partial charge is 0.497 e. The van der Waals surface area contributed by atoms with Gasteiger partial charge in [0.25, 0.3) is 5.91 Å². The van der Waals surface area contributed by atoms with E-state index >= 15 is 0 Å². The second-order valence-electron chi connectivity index (χ2n) is 5.27. The molecule has 2 rings (SSSR count). The van der Waals surface area contributed by atoms with Crippen molar-refractivity contribution in [1.82, 2.24) is 5.32 Å². The average molecular weight is 325 g/mol. The molecule has 6 nitrogen and oxygen atoms in total. The van der Waals surface area contributed by atoms with Crippen LogP contribution in [0, 0.1) is 11.3 Å². The fourth-order valence-corrected chi connectivity index (χ4v) is 1.97. The van der Waals surface area contributed by atoms with E-state index in [4.69, 9.17) is 9.15 Å². The first-order valence-electron chi connectivity index (χ1n) is 7.33. The number of methoxy groups -OCH3 is 1. The van der Waals surface area contributed by atoms with Gasteiger partial charge in [-0.15, -0.1) is 0 Å². The van der Waals surface area contributed by atoms with Crippen LogP contribution in [0.1, 0.15) is 11.3 Å². The Balaban J connectivity index is 2.02. The highest BCUT2D eigenvalue weighted by Gasteiger charge is 2.11. The maximum atomic E-state index is 12.1. The quantitative estimate of drug-likeness (QED) is 0.652. The van der Waals surface area contributed by atoms with Gasteiger partial charge in [-0.1, -0.05) is 12.1 Å². The van der Waals surface area contributed by atoms with E-state index in [1.165, 1.54) is 6.08 Å². The molecule has 0 aliphatic carbocycles. The molecule has 0 unspecified atom stereocenters. The number of hydrogen-bond acceptors (Lipinski definition) is 5. The van der Waals surface area contributed by atoms with Crippen molar-refractivity contribution >= 4 is 17.9 Å². The van der Waals surface area contributed by atoms with Gasteiger partial charge in [0.2, 0.25) is 0 Å². The number of furan rings is 1. The average Bonchev–Trinajstić information content (AvgIpc) is 3.07. The third kappa shape index (κ3) is 4.40. The number of carbonyl (C=O) groups excluding carboxylic acids is 1. The van der Waals surface area contributed by atoms with E-state index < -0.39 is 5.91 Å². The highest BCUT2D eigenvalue weighted by atomic mass is 16.5. The van der Waals surface area contributed by atoms with E-state index in [0.29, 0.717) is 18.2 Å². The summed E-state index contributed by atoms with van der Waals surface area (Å²) in [5.41, 5.74) is 0.900. The van der Waals surface area contributed by atoms with Crippen molar-refractivity contribution in [3.63, 3.8) is 0 Å². The van der Waals surface area contributed by atoms with E-state index in [1.807, 2.05) is 44.4 Å². The molecule has 0 spiro atoms. The Kier molecular flexibility index (Phi) is 5.63. The van der Waals surface area contributed by atoms with Crippen molar-refractivity contribution in [3.05, 3.63) is 53.3 Å².